The average Bonchev–Trinajstić information content (AvgIpc) is 3.05. The van der Waals surface area contributed by atoms with Gasteiger partial charge in [-0.3, -0.25) is 0 Å². The third-order valence-electron chi connectivity index (χ3n) is 5.27. The quantitative estimate of drug-likeness (QED) is 0.638. The highest BCUT2D eigenvalue weighted by Gasteiger charge is 2.32. The van der Waals surface area contributed by atoms with E-state index in [1.165, 1.54) is 6.33 Å². The van der Waals surface area contributed by atoms with E-state index in [4.69, 9.17) is 22.1 Å². The molecule has 3 aromatic rings. The van der Waals surface area contributed by atoms with Gasteiger partial charge in [0.05, 0.1) is 28.8 Å². The van der Waals surface area contributed by atoms with Gasteiger partial charge in [-0.05, 0) is 26.0 Å². The monoisotopic (exact) mass is 416 g/mol. The minimum absolute atomic E-state index is 0.0114. The van der Waals surface area contributed by atoms with E-state index in [-0.39, 0.29) is 17.0 Å². The highest BCUT2D eigenvalue weighted by molar-refractivity contribution is 6.31. The Morgan fingerprint density at radius 3 is 2.86 bits per heavy atom. The van der Waals surface area contributed by atoms with Gasteiger partial charge in [0, 0.05) is 30.1 Å². The summed E-state index contributed by atoms with van der Waals surface area (Å²) in [6, 6.07) is 1.26. The van der Waals surface area contributed by atoms with Gasteiger partial charge >= 0.3 is 0 Å². The van der Waals surface area contributed by atoms with Crippen molar-refractivity contribution < 1.29 is 9.13 Å². The summed E-state index contributed by atoms with van der Waals surface area (Å²) in [5.41, 5.74) is 8.43. The number of nitrogens with zero attached hydrogens (tertiary/aromatic N) is 4. The lowest BCUT2D eigenvalue weighted by Gasteiger charge is -2.31. The number of halogens is 2. The fourth-order valence-electron chi connectivity index (χ4n) is 3.69. The van der Waals surface area contributed by atoms with E-state index < -0.39 is 5.82 Å². The summed E-state index contributed by atoms with van der Waals surface area (Å²) in [5.74, 6) is 0.421. The van der Waals surface area contributed by atoms with Gasteiger partial charge in [-0.2, -0.15) is 5.10 Å². The first kappa shape index (κ1) is 19.6. The molecule has 0 radical (unpaired) electrons. The molecule has 1 aromatic carbocycles. The number of ether oxygens (including phenoxy) is 1. The topological polar surface area (TPSA) is 90.9 Å². The maximum atomic E-state index is 15.0. The van der Waals surface area contributed by atoms with Crippen molar-refractivity contribution in [3.05, 3.63) is 46.6 Å². The van der Waals surface area contributed by atoms with E-state index >= 15 is 0 Å². The Kier molecular flexibility index (Phi) is 5.14. The predicted octanol–water partition coefficient (Wildman–Crippen LogP) is 3.54. The average molecular weight is 417 g/mol. The zero-order chi connectivity index (χ0) is 20.7. The van der Waals surface area contributed by atoms with E-state index in [0.717, 1.165) is 5.56 Å². The van der Waals surface area contributed by atoms with E-state index in [1.807, 2.05) is 13.8 Å². The van der Waals surface area contributed by atoms with Gasteiger partial charge in [-0.15, -0.1) is 0 Å². The van der Waals surface area contributed by atoms with Crippen molar-refractivity contribution in [1.82, 2.24) is 25.1 Å². The highest BCUT2D eigenvalue weighted by atomic mass is 35.5. The van der Waals surface area contributed by atoms with Crippen LogP contribution in [0.15, 0.2) is 19.0 Å². The molecule has 1 saturated heterocycles. The standard InChI is InChI=1S/C20H22ClFN6O/c1-4-14-16-19(23)25-9-26-20(16)28(27-14)10(3)12-6-13(21)17(22)15(11-7-24-8-11)18(12)29-5-2/h4,6,9-11,24H,1,5,7-8H2,2-3H3,(H2,23,25,26). The van der Waals surface area contributed by atoms with Gasteiger partial charge in [0.2, 0.25) is 0 Å². The van der Waals surface area contributed by atoms with Crippen molar-refractivity contribution in [3.63, 3.8) is 0 Å². The lowest BCUT2D eigenvalue weighted by molar-refractivity contribution is 0.314. The fraction of sp³-hybridized carbons (Fsp3) is 0.350. The van der Waals surface area contributed by atoms with E-state index in [0.29, 0.717) is 53.6 Å². The van der Waals surface area contributed by atoms with Crippen LogP contribution in [0.4, 0.5) is 10.2 Å². The molecule has 0 aliphatic carbocycles. The Balaban J connectivity index is 1.93. The molecule has 152 valence electrons. The van der Waals surface area contributed by atoms with Crippen LogP contribution in [0.3, 0.4) is 0 Å². The molecule has 9 heteroatoms. The molecule has 1 fully saturated rings. The normalized spacial score (nSPS) is 15.3. The van der Waals surface area contributed by atoms with Gasteiger partial charge < -0.3 is 15.8 Å². The number of nitrogens with one attached hydrogen (secondary N) is 1. The van der Waals surface area contributed by atoms with Crippen LogP contribution in [0.2, 0.25) is 5.02 Å². The Morgan fingerprint density at radius 2 is 2.24 bits per heavy atom. The number of nitrogens with two attached hydrogens (primary N) is 1. The molecule has 0 spiro atoms. The van der Waals surface area contributed by atoms with Gasteiger partial charge in [0.1, 0.15) is 23.7 Å². The first-order valence-corrected chi connectivity index (χ1v) is 9.82. The maximum Gasteiger partial charge on any atom is 0.164 e. The van der Waals surface area contributed by atoms with Gasteiger partial charge in [0.25, 0.3) is 0 Å². The molecule has 0 bridgehead atoms. The molecule has 1 unspecified atom stereocenters. The van der Waals surface area contributed by atoms with Crippen LogP contribution in [-0.2, 0) is 0 Å². The third kappa shape index (κ3) is 3.12. The second kappa shape index (κ2) is 7.61. The summed E-state index contributed by atoms with van der Waals surface area (Å²) in [5, 5.41) is 8.48. The summed E-state index contributed by atoms with van der Waals surface area (Å²) in [6.07, 6.45) is 3.00. The summed E-state index contributed by atoms with van der Waals surface area (Å²) >= 11 is 6.28. The predicted molar refractivity (Wildman–Crippen MR) is 112 cm³/mol. The molecule has 29 heavy (non-hydrogen) atoms. The van der Waals surface area contributed by atoms with Crippen molar-refractivity contribution >= 4 is 34.5 Å². The zero-order valence-corrected chi connectivity index (χ0v) is 17.0. The molecule has 7 nitrogen and oxygen atoms in total. The number of hydrogen-bond acceptors (Lipinski definition) is 6. The first-order valence-electron chi connectivity index (χ1n) is 9.44. The molecule has 1 aliphatic heterocycles. The molecular formula is C20H22ClFN6O. The van der Waals surface area contributed by atoms with Crippen LogP contribution in [-0.4, -0.2) is 39.4 Å². The van der Waals surface area contributed by atoms with Crippen LogP contribution >= 0.6 is 11.6 Å². The van der Waals surface area contributed by atoms with E-state index in [1.54, 1.807) is 16.8 Å². The number of hydrogen-bond donors (Lipinski definition) is 2. The smallest absolute Gasteiger partial charge is 0.164 e. The molecule has 0 saturated carbocycles. The third-order valence-corrected chi connectivity index (χ3v) is 5.54. The SMILES string of the molecule is C=Cc1nn(C(C)c2cc(Cl)c(F)c(C3CNC3)c2OCC)c2ncnc(N)c12. The lowest BCUT2D eigenvalue weighted by atomic mass is 9.89. The number of benzene rings is 1. The van der Waals surface area contributed by atoms with Crippen molar-refractivity contribution in [2.75, 3.05) is 25.4 Å². The van der Waals surface area contributed by atoms with Crippen LogP contribution < -0.4 is 15.8 Å². The number of fused-ring (bicyclic) bond motifs is 1. The summed E-state index contributed by atoms with van der Waals surface area (Å²) in [7, 11) is 0. The molecule has 4 rings (SSSR count). The zero-order valence-electron chi connectivity index (χ0n) is 16.2. The Bertz CT molecular complexity index is 1090. The van der Waals surface area contributed by atoms with Gasteiger partial charge in [0.15, 0.2) is 5.65 Å². The summed E-state index contributed by atoms with van der Waals surface area (Å²) in [4.78, 5) is 8.41. The molecular weight excluding hydrogens is 395 g/mol. The molecule has 3 heterocycles. The summed E-state index contributed by atoms with van der Waals surface area (Å²) in [6.45, 7) is 9.38. The number of aromatic nitrogens is 4. The van der Waals surface area contributed by atoms with Gasteiger partial charge in [-0.1, -0.05) is 18.2 Å². The van der Waals surface area contributed by atoms with E-state index in [2.05, 4.69) is 27.0 Å². The number of anilines is 1. The molecule has 1 atom stereocenters. The van der Waals surface area contributed by atoms with Crippen LogP contribution in [0.5, 0.6) is 5.75 Å². The summed E-state index contributed by atoms with van der Waals surface area (Å²) < 4.78 is 22.6. The van der Waals surface area contributed by atoms with Crippen LogP contribution in [0.25, 0.3) is 17.1 Å². The minimum Gasteiger partial charge on any atom is -0.493 e. The highest BCUT2D eigenvalue weighted by Crippen LogP contribution is 2.42. The molecule has 0 amide bonds. The van der Waals surface area contributed by atoms with Crippen molar-refractivity contribution in [1.29, 1.82) is 0 Å². The second-order valence-corrected chi connectivity index (χ2v) is 7.37. The fourth-order valence-corrected chi connectivity index (χ4v) is 3.91. The Labute approximate surface area is 172 Å². The van der Waals surface area contributed by atoms with Gasteiger partial charge in [-0.25, -0.2) is 19.0 Å². The van der Waals surface area contributed by atoms with E-state index in [9.17, 15) is 4.39 Å². The second-order valence-electron chi connectivity index (χ2n) is 6.96. The number of rotatable bonds is 6. The Hall–Kier alpha value is -2.71. The first-order chi connectivity index (χ1) is 14.0. The van der Waals surface area contributed by atoms with Crippen LogP contribution in [0, 0.1) is 5.82 Å². The van der Waals surface area contributed by atoms with Crippen molar-refractivity contribution in [3.8, 4) is 5.75 Å². The maximum absolute atomic E-state index is 15.0. The van der Waals surface area contributed by atoms with Crippen LogP contribution in [0.1, 0.15) is 42.6 Å². The molecule has 3 N–H and O–H groups in total. The minimum atomic E-state index is -0.429. The van der Waals surface area contributed by atoms with Crippen molar-refractivity contribution in [2.24, 2.45) is 0 Å². The Morgan fingerprint density at radius 1 is 1.48 bits per heavy atom. The lowest BCUT2D eigenvalue weighted by Crippen LogP contribution is -2.40. The van der Waals surface area contributed by atoms with Crippen molar-refractivity contribution in [2.45, 2.75) is 25.8 Å². The molecule has 1 aliphatic rings. The number of nitrogen functional groups attached to an aromatic ring is 1. The molecule has 2 aromatic heterocycles. The largest absolute Gasteiger partial charge is 0.493 e.